The van der Waals surface area contributed by atoms with Crippen LogP contribution in [0.25, 0.3) is 10.2 Å². The summed E-state index contributed by atoms with van der Waals surface area (Å²) < 4.78 is 28.5. The summed E-state index contributed by atoms with van der Waals surface area (Å²) in [4.78, 5) is 17.5. The van der Waals surface area contributed by atoms with Gasteiger partial charge >= 0.3 is 0 Å². The first-order valence-corrected chi connectivity index (χ1v) is 13.9. The zero-order valence-electron chi connectivity index (χ0n) is 18.0. The minimum atomic E-state index is -3.60. The van der Waals surface area contributed by atoms with E-state index in [1.807, 2.05) is 54.6 Å². The molecular weight excluding hydrogens is 474 g/mol. The van der Waals surface area contributed by atoms with Crippen LogP contribution in [0.15, 0.2) is 83.2 Å². The van der Waals surface area contributed by atoms with E-state index in [0.717, 1.165) is 26.4 Å². The first kappa shape index (κ1) is 23.3. The van der Waals surface area contributed by atoms with Crippen LogP contribution in [0.4, 0.5) is 5.69 Å². The number of para-hydroxylation sites is 2. The maximum atomic E-state index is 12.9. The third-order valence-corrected chi connectivity index (χ3v) is 8.18. The minimum absolute atomic E-state index is 0.150. The van der Waals surface area contributed by atoms with E-state index < -0.39 is 10.0 Å². The summed E-state index contributed by atoms with van der Waals surface area (Å²) in [6.45, 7) is 0.586. The first-order valence-electron chi connectivity index (χ1n) is 10.3. The Hall–Kier alpha value is -2.88. The molecule has 4 rings (SSSR count). The van der Waals surface area contributed by atoms with Gasteiger partial charge < -0.3 is 5.32 Å². The molecule has 0 bridgehead atoms. The van der Waals surface area contributed by atoms with Crippen LogP contribution in [0.5, 0.6) is 0 Å². The predicted molar refractivity (Wildman–Crippen MR) is 137 cm³/mol. The highest BCUT2D eigenvalue weighted by Crippen LogP contribution is 2.29. The summed E-state index contributed by atoms with van der Waals surface area (Å²) in [7, 11) is -3.60. The fourth-order valence-electron chi connectivity index (χ4n) is 3.32. The molecule has 0 aliphatic heterocycles. The van der Waals surface area contributed by atoms with E-state index in [9.17, 15) is 13.2 Å². The molecule has 1 N–H and O–H groups in total. The maximum absolute atomic E-state index is 12.9. The van der Waals surface area contributed by atoms with Crippen LogP contribution in [0.1, 0.15) is 15.9 Å². The molecule has 33 heavy (non-hydrogen) atoms. The Morgan fingerprint density at radius 2 is 1.70 bits per heavy atom. The van der Waals surface area contributed by atoms with E-state index in [-0.39, 0.29) is 12.5 Å². The molecule has 0 aliphatic carbocycles. The van der Waals surface area contributed by atoms with Gasteiger partial charge in [-0.15, -0.1) is 11.3 Å². The molecule has 9 heteroatoms. The molecule has 0 atom stereocenters. The second-order valence-electron chi connectivity index (χ2n) is 7.32. The number of hydrogen-bond donors (Lipinski definition) is 1. The van der Waals surface area contributed by atoms with Gasteiger partial charge in [0, 0.05) is 12.3 Å². The number of rotatable bonds is 9. The van der Waals surface area contributed by atoms with E-state index in [2.05, 4.69) is 10.3 Å². The number of nitrogens with zero attached hydrogens (tertiary/aromatic N) is 2. The van der Waals surface area contributed by atoms with Gasteiger partial charge in [0.25, 0.3) is 5.91 Å². The molecule has 3 aromatic carbocycles. The third kappa shape index (κ3) is 5.93. The summed E-state index contributed by atoms with van der Waals surface area (Å²) in [6, 6.07) is 24.1. The first-order chi connectivity index (χ1) is 15.9. The molecule has 6 nitrogen and oxygen atoms in total. The fourth-order valence-corrected chi connectivity index (χ4v) is 6.22. The van der Waals surface area contributed by atoms with Crippen LogP contribution in [0.3, 0.4) is 0 Å². The van der Waals surface area contributed by atoms with Crippen molar-refractivity contribution in [2.75, 3.05) is 22.9 Å². The van der Waals surface area contributed by atoms with E-state index in [1.54, 1.807) is 47.4 Å². The Bertz CT molecular complexity index is 1320. The molecule has 0 saturated carbocycles. The average molecular weight is 498 g/mol. The van der Waals surface area contributed by atoms with Crippen molar-refractivity contribution in [3.8, 4) is 0 Å². The Labute approximate surface area is 201 Å². The number of hydrogen-bond acceptors (Lipinski definition) is 6. The average Bonchev–Trinajstić information content (AvgIpc) is 3.23. The number of benzene rings is 3. The van der Waals surface area contributed by atoms with Gasteiger partial charge in [0.1, 0.15) is 0 Å². The van der Waals surface area contributed by atoms with Gasteiger partial charge in [-0.25, -0.2) is 13.4 Å². The highest BCUT2D eigenvalue weighted by atomic mass is 32.2. The molecule has 0 saturated heterocycles. The zero-order valence-corrected chi connectivity index (χ0v) is 20.4. The highest BCUT2D eigenvalue weighted by molar-refractivity contribution is 8.01. The molecule has 1 amide bonds. The second-order valence-corrected chi connectivity index (χ2v) is 11.6. The van der Waals surface area contributed by atoms with E-state index in [0.29, 0.717) is 23.5 Å². The lowest BCUT2D eigenvalue weighted by molar-refractivity contribution is 0.0957. The van der Waals surface area contributed by atoms with Crippen molar-refractivity contribution in [2.24, 2.45) is 0 Å². The number of anilines is 1. The number of nitrogens with one attached hydrogen (secondary N) is 1. The summed E-state index contributed by atoms with van der Waals surface area (Å²) in [5.41, 5.74) is 2.50. The number of amides is 1. The number of carbonyl (C=O) groups excluding carboxylic acids is 1. The molecule has 1 aromatic heterocycles. The number of sulfonamides is 1. The Morgan fingerprint density at radius 1 is 1.00 bits per heavy atom. The third-order valence-electron chi connectivity index (χ3n) is 4.87. The van der Waals surface area contributed by atoms with E-state index >= 15 is 0 Å². The normalized spacial score (nSPS) is 11.4. The summed E-state index contributed by atoms with van der Waals surface area (Å²) in [5.74, 6) is 0.352. The van der Waals surface area contributed by atoms with Crippen LogP contribution in [-0.2, 0) is 16.6 Å². The molecule has 0 spiro atoms. The van der Waals surface area contributed by atoms with Crippen molar-refractivity contribution in [1.29, 1.82) is 0 Å². The van der Waals surface area contributed by atoms with Gasteiger partial charge in [-0.05, 0) is 29.8 Å². The Kier molecular flexibility index (Phi) is 7.32. The number of thioether (sulfide) groups is 1. The van der Waals surface area contributed by atoms with Crippen molar-refractivity contribution >= 4 is 54.9 Å². The smallest absolute Gasteiger partial charge is 0.253 e. The van der Waals surface area contributed by atoms with Crippen LogP contribution < -0.4 is 9.62 Å². The molecule has 1 heterocycles. The lowest BCUT2D eigenvalue weighted by Crippen LogP contribution is -2.33. The minimum Gasteiger partial charge on any atom is -0.351 e. The summed E-state index contributed by atoms with van der Waals surface area (Å²) in [5, 5.41) is 2.91. The van der Waals surface area contributed by atoms with Crippen LogP contribution in [-0.4, -0.2) is 37.9 Å². The van der Waals surface area contributed by atoms with Gasteiger partial charge in [-0.3, -0.25) is 9.10 Å². The number of carbonyl (C=O) groups is 1. The van der Waals surface area contributed by atoms with Gasteiger partial charge in [-0.1, -0.05) is 66.4 Å². The molecule has 0 radical (unpaired) electrons. The van der Waals surface area contributed by atoms with Gasteiger partial charge in [-0.2, -0.15) is 0 Å². The fraction of sp³-hybridized carbons (Fsp3) is 0.167. The van der Waals surface area contributed by atoms with Crippen molar-refractivity contribution < 1.29 is 13.2 Å². The van der Waals surface area contributed by atoms with Crippen molar-refractivity contribution in [3.63, 3.8) is 0 Å². The highest BCUT2D eigenvalue weighted by Gasteiger charge is 2.23. The quantitative estimate of drug-likeness (QED) is 0.266. The Morgan fingerprint density at radius 3 is 2.45 bits per heavy atom. The van der Waals surface area contributed by atoms with Crippen molar-refractivity contribution in [3.05, 3.63) is 90.0 Å². The largest absolute Gasteiger partial charge is 0.351 e. The summed E-state index contributed by atoms with van der Waals surface area (Å²) >= 11 is 3.21. The number of thiazole rings is 1. The lowest BCUT2D eigenvalue weighted by Gasteiger charge is -2.24. The second kappa shape index (κ2) is 10.4. The van der Waals surface area contributed by atoms with Gasteiger partial charge in [0.2, 0.25) is 10.0 Å². The van der Waals surface area contributed by atoms with E-state index in [1.165, 1.54) is 4.31 Å². The molecule has 0 unspecified atom stereocenters. The van der Waals surface area contributed by atoms with Crippen LogP contribution >= 0.6 is 23.1 Å². The monoisotopic (exact) mass is 497 g/mol. The van der Waals surface area contributed by atoms with Crippen LogP contribution in [0, 0.1) is 0 Å². The van der Waals surface area contributed by atoms with E-state index in [4.69, 9.17) is 0 Å². The number of fused-ring (bicyclic) bond motifs is 1. The molecule has 4 aromatic rings. The molecule has 0 fully saturated rings. The Balaban J connectivity index is 1.44. The van der Waals surface area contributed by atoms with Gasteiger partial charge in [0.15, 0.2) is 4.34 Å². The van der Waals surface area contributed by atoms with Crippen molar-refractivity contribution in [1.82, 2.24) is 10.3 Å². The van der Waals surface area contributed by atoms with Crippen molar-refractivity contribution in [2.45, 2.75) is 10.9 Å². The number of aromatic nitrogens is 1. The topological polar surface area (TPSA) is 79.4 Å². The zero-order chi connectivity index (χ0) is 23.3. The SMILES string of the molecule is CS(=O)(=O)N(Cc1ccccc1)c1ccccc1C(=O)NCCSc1nc2ccccc2s1. The van der Waals surface area contributed by atoms with Gasteiger partial charge in [0.05, 0.1) is 34.3 Å². The molecular formula is C24H23N3O3S3. The maximum Gasteiger partial charge on any atom is 0.253 e. The predicted octanol–water partition coefficient (Wildman–Crippen LogP) is 4.78. The molecule has 170 valence electrons. The lowest BCUT2D eigenvalue weighted by atomic mass is 10.1. The van der Waals surface area contributed by atoms with Crippen LogP contribution in [0.2, 0.25) is 0 Å². The summed E-state index contributed by atoms with van der Waals surface area (Å²) in [6.07, 6.45) is 1.15. The standard InChI is InChI=1S/C24H23N3O3S3/c1-33(29,30)27(17-18-9-3-2-4-10-18)21-13-7-5-11-19(21)23(28)25-15-16-31-24-26-20-12-6-8-14-22(20)32-24/h2-14H,15-17H2,1H3,(H,25,28). The molecule has 0 aliphatic rings.